The van der Waals surface area contributed by atoms with Crippen molar-refractivity contribution in [1.29, 1.82) is 0 Å². The number of fused-ring (bicyclic) bond motifs is 2. The molecule has 1 aliphatic heterocycles. The summed E-state index contributed by atoms with van der Waals surface area (Å²) in [5.41, 5.74) is 5.91. The zero-order valence-electron chi connectivity index (χ0n) is 18.7. The third-order valence-corrected chi connectivity index (χ3v) is 6.49. The van der Waals surface area contributed by atoms with Gasteiger partial charge < -0.3 is 30.0 Å². The molecule has 0 aromatic heterocycles. The van der Waals surface area contributed by atoms with Gasteiger partial charge in [-0.2, -0.15) is 0 Å². The Labute approximate surface area is 193 Å². The van der Waals surface area contributed by atoms with Crippen molar-refractivity contribution in [1.82, 2.24) is 0 Å². The number of carbonyl (C=O) groups excluding carboxylic acids is 1. The molecule has 3 N–H and O–H groups in total. The van der Waals surface area contributed by atoms with Crippen LogP contribution in [0.15, 0.2) is 66.9 Å². The van der Waals surface area contributed by atoms with Gasteiger partial charge in [0.25, 0.3) is 0 Å². The molecule has 7 heteroatoms. The number of allylic oxidation sites excluding steroid dienone is 2. The summed E-state index contributed by atoms with van der Waals surface area (Å²) in [6, 6.07) is 16.6. The number of hydrogen-bond donors (Lipinski definition) is 3. The van der Waals surface area contributed by atoms with Crippen LogP contribution in [0.5, 0.6) is 0 Å². The first-order valence-corrected chi connectivity index (χ1v) is 11.0. The number of quaternary nitrogens is 1. The molecule has 1 aliphatic carbocycles. The number of aliphatic hydroxyl groups excluding tert-OH is 3. The van der Waals surface area contributed by atoms with Gasteiger partial charge in [0, 0.05) is 0 Å². The van der Waals surface area contributed by atoms with E-state index in [1.807, 2.05) is 36.4 Å². The number of rotatable bonds is 4. The lowest BCUT2D eigenvalue weighted by molar-refractivity contribution is -0.899. The summed E-state index contributed by atoms with van der Waals surface area (Å²) in [4.78, 5) is 11.4. The Hall–Kier alpha value is -2.81. The lowest BCUT2D eigenvalue weighted by Crippen LogP contribution is -2.68. The van der Waals surface area contributed by atoms with Crippen LogP contribution < -0.4 is 5.11 Å². The van der Waals surface area contributed by atoms with Crippen molar-refractivity contribution in [2.45, 2.75) is 43.5 Å². The summed E-state index contributed by atoms with van der Waals surface area (Å²) in [7, 11) is 3.43. The van der Waals surface area contributed by atoms with Crippen LogP contribution in [0.2, 0.25) is 0 Å². The van der Waals surface area contributed by atoms with Gasteiger partial charge in [-0.3, -0.25) is 4.48 Å². The minimum atomic E-state index is -1.77. The zero-order chi connectivity index (χ0) is 23.8. The Bertz CT molecular complexity index is 1040. The Kier molecular flexibility index (Phi) is 6.52. The molecule has 4 rings (SSSR count). The zero-order valence-corrected chi connectivity index (χ0v) is 18.7. The fourth-order valence-electron chi connectivity index (χ4n) is 4.65. The summed E-state index contributed by atoms with van der Waals surface area (Å²) in [5, 5.41) is 41.9. The average molecular weight is 452 g/mol. The van der Waals surface area contributed by atoms with Crippen LogP contribution in [0.25, 0.3) is 5.57 Å². The molecular weight excluding hydrogens is 422 g/mol. The van der Waals surface area contributed by atoms with E-state index >= 15 is 0 Å². The van der Waals surface area contributed by atoms with E-state index in [-0.39, 0.29) is 4.48 Å². The molecule has 2 aromatic carbocycles. The largest absolute Gasteiger partial charge is 0.547 e. The first kappa shape index (κ1) is 23.4. The number of aliphatic carboxylic acids is 1. The summed E-state index contributed by atoms with van der Waals surface area (Å²) in [6.45, 7) is 0. The van der Waals surface area contributed by atoms with Crippen LogP contribution in [0.4, 0.5) is 0 Å². The maximum Gasteiger partial charge on any atom is 0.227 e. The number of nitrogens with zero attached hydrogens (tertiary/aromatic N) is 1. The van der Waals surface area contributed by atoms with E-state index in [2.05, 4.69) is 24.3 Å². The topological polar surface area (TPSA) is 110 Å². The number of carbonyl (C=O) groups is 1. The second-order valence-electron chi connectivity index (χ2n) is 9.10. The second kappa shape index (κ2) is 9.21. The number of carboxylic acid groups (broad SMARTS) is 1. The molecule has 7 nitrogen and oxygen atoms in total. The molecule has 0 unspecified atom stereocenters. The van der Waals surface area contributed by atoms with E-state index < -0.39 is 36.6 Å². The highest BCUT2D eigenvalue weighted by Crippen LogP contribution is 2.34. The minimum absolute atomic E-state index is 0.0815. The normalized spacial score (nSPS) is 27.5. The molecule has 1 saturated heterocycles. The first-order chi connectivity index (χ1) is 15.7. The van der Waals surface area contributed by atoms with E-state index in [1.165, 1.54) is 11.1 Å². The Morgan fingerprint density at radius 2 is 1.48 bits per heavy atom. The SMILES string of the molecule is C[N+](C)(/C=C/C=C1c2ccccc2CCc2ccccc21)[C@@H]1O[C@H](C(=O)[O-])[C@@H](O)[C@H](O)[C@H]1O. The van der Waals surface area contributed by atoms with Gasteiger partial charge in [0.05, 0.1) is 26.3 Å². The minimum Gasteiger partial charge on any atom is -0.547 e. The molecule has 0 bridgehead atoms. The van der Waals surface area contributed by atoms with Crippen LogP contribution in [0.3, 0.4) is 0 Å². The van der Waals surface area contributed by atoms with Gasteiger partial charge in [-0.15, -0.1) is 0 Å². The van der Waals surface area contributed by atoms with Crippen molar-refractivity contribution >= 4 is 11.5 Å². The number of hydrogen-bond acceptors (Lipinski definition) is 6. The monoisotopic (exact) mass is 451 g/mol. The molecule has 0 spiro atoms. The van der Waals surface area contributed by atoms with E-state index in [0.29, 0.717) is 0 Å². The number of likely N-dealkylation sites (N-methyl/N-ethyl adjacent to an activating group) is 1. The summed E-state index contributed by atoms with van der Waals surface area (Å²) >= 11 is 0. The molecule has 1 fully saturated rings. The van der Waals surface area contributed by atoms with Crippen molar-refractivity contribution in [3.05, 3.63) is 89.1 Å². The lowest BCUT2D eigenvalue weighted by atomic mass is 9.94. The fraction of sp³-hybridized carbons (Fsp3) is 0.346. The molecule has 2 aliphatic rings. The summed E-state index contributed by atoms with van der Waals surface area (Å²) in [6.07, 6.45) is -0.285. The van der Waals surface area contributed by atoms with E-state index in [9.17, 15) is 25.2 Å². The molecule has 0 radical (unpaired) electrons. The predicted molar refractivity (Wildman–Crippen MR) is 120 cm³/mol. The highest BCUT2D eigenvalue weighted by Gasteiger charge is 2.50. The quantitative estimate of drug-likeness (QED) is 0.580. The number of aryl methyl sites for hydroxylation is 2. The number of ether oxygens (including phenoxy) is 1. The Balaban J connectivity index is 1.68. The van der Waals surface area contributed by atoms with Crippen molar-refractivity contribution in [2.75, 3.05) is 14.1 Å². The van der Waals surface area contributed by atoms with Crippen molar-refractivity contribution in [2.24, 2.45) is 0 Å². The molecule has 2 aromatic rings. The van der Waals surface area contributed by atoms with Gasteiger partial charge in [-0.25, -0.2) is 0 Å². The average Bonchev–Trinajstić information content (AvgIpc) is 2.94. The fourth-order valence-corrected chi connectivity index (χ4v) is 4.65. The molecule has 5 atom stereocenters. The van der Waals surface area contributed by atoms with Crippen molar-refractivity contribution in [3.63, 3.8) is 0 Å². The van der Waals surface area contributed by atoms with Crippen LogP contribution in [0, 0.1) is 0 Å². The van der Waals surface area contributed by atoms with Gasteiger partial charge in [0.15, 0.2) is 6.10 Å². The maximum atomic E-state index is 11.4. The third kappa shape index (κ3) is 4.51. The standard InChI is InChI=1S/C26H29NO6/c1-27(2,25-23(30)21(28)22(29)24(33-25)26(31)32)15-7-12-20-18-10-5-3-8-16(18)13-14-17-9-4-6-11-19(17)20/h3-12,15,21-25,28-30H,13-14H2,1-2H3/b15-7+/t21-,22-,23+,24-,25+/m0/s1. The number of aliphatic hydroxyl groups is 3. The molecular formula is C26H29NO6. The number of carboxylic acids is 1. The highest BCUT2D eigenvalue weighted by atomic mass is 16.6. The molecule has 33 heavy (non-hydrogen) atoms. The number of benzene rings is 2. The van der Waals surface area contributed by atoms with Crippen molar-refractivity contribution < 1.29 is 34.4 Å². The van der Waals surface area contributed by atoms with Crippen LogP contribution in [-0.4, -0.2) is 70.5 Å². The van der Waals surface area contributed by atoms with E-state index in [1.54, 1.807) is 20.3 Å². The highest BCUT2D eigenvalue weighted by molar-refractivity contribution is 5.84. The van der Waals surface area contributed by atoms with Crippen LogP contribution >= 0.6 is 0 Å². The van der Waals surface area contributed by atoms with Gasteiger partial charge in [-0.05, 0) is 52.8 Å². The smallest absolute Gasteiger partial charge is 0.227 e. The van der Waals surface area contributed by atoms with E-state index in [4.69, 9.17) is 4.74 Å². The van der Waals surface area contributed by atoms with Gasteiger partial charge >= 0.3 is 0 Å². The summed E-state index contributed by atoms with van der Waals surface area (Å²) < 4.78 is 5.38. The molecule has 0 amide bonds. The van der Waals surface area contributed by atoms with Gasteiger partial charge in [-0.1, -0.05) is 48.5 Å². The van der Waals surface area contributed by atoms with Crippen LogP contribution in [-0.2, 0) is 22.4 Å². The molecule has 174 valence electrons. The molecule has 1 heterocycles. The van der Waals surface area contributed by atoms with Gasteiger partial charge in [0.1, 0.15) is 18.3 Å². The van der Waals surface area contributed by atoms with Gasteiger partial charge in [0.2, 0.25) is 6.23 Å². The Morgan fingerprint density at radius 3 is 2.03 bits per heavy atom. The lowest BCUT2D eigenvalue weighted by Gasteiger charge is -2.45. The molecule has 0 saturated carbocycles. The van der Waals surface area contributed by atoms with Crippen molar-refractivity contribution in [3.8, 4) is 0 Å². The third-order valence-electron chi connectivity index (χ3n) is 6.49. The maximum absolute atomic E-state index is 11.4. The predicted octanol–water partition coefficient (Wildman–Crippen LogP) is 0.364. The Morgan fingerprint density at radius 1 is 0.939 bits per heavy atom. The summed E-state index contributed by atoms with van der Waals surface area (Å²) in [5.74, 6) is -1.64. The van der Waals surface area contributed by atoms with E-state index in [0.717, 1.165) is 29.5 Å². The van der Waals surface area contributed by atoms with Crippen LogP contribution in [0.1, 0.15) is 22.3 Å². The second-order valence-corrected chi connectivity index (χ2v) is 9.10. The first-order valence-electron chi connectivity index (χ1n) is 11.0.